The second kappa shape index (κ2) is 3.23. The van der Waals surface area contributed by atoms with Crippen molar-refractivity contribution in [2.45, 2.75) is 31.9 Å². The number of carbonyl (C=O) groups excluding carboxylic acids is 1. The number of methoxy groups -OCH3 is 1. The van der Waals surface area contributed by atoms with E-state index in [0.29, 0.717) is 6.42 Å². The molecule has 1 aliphatic rings. The first-order valence-electron chi connectivity index (χ1n) is 3.84. The number of rotatable bonds is 1. The predicted molar refractivity (Wildman–Crippen MR) is 44.9 cm³/mol. The van der Waals surface area contributed by atoms with Crippen molar-refractivity contribution in [3.05, 3.63) is 0 Å². The van der Waals surface area contributed by atoms with E-state index in [1.165, 1.54) is 7.11 Å². The molecule has 1 aliphatic heterocycles. The lowest BCUT2D eigenvalue weighted by atomic mass is 9.83. The average molecular weight is 193 g/mol. The minimum atomic E-state index is -0.608. The number of hydrogen-bond acceptors (Lipinski definition) is 3. The molecule has 3 nitrogen and oxygen atoms in total. The topological polar surface area (TPSA) is 35.5 Å². The summed E-state index contributed by atoms with van der Waals surface area (Å²) >= 11 is 6.04. The Labute approximate surface area is 77.0 Å². The van der Waals surface area contributed by atoms with Gasteiger partial charge in [0.2, 0.25) is 6.29 Å². The van der Waals surface area contributed by atoms with Gasteiger partial charge in [-0.05, 0) is 5.41 Å². The maximum atomic E-state index is 11.0. The number of hydrogen-bond donors (Lipinski definition) is 0. The fraction of sp³-hybridized carbons (Fsp3) is 0.875. The van der Waals surface area contributed by atoms with Crippen LogP contribution in [0, 0.1) is 5.41 Å². The molecule has 1 heterocycles. The van der Waals surface area contributed by atoms with Gasteiger partial charge in [0.1, 0.15) is 5.38 Å². The second-order valence-corrected chi connectivity index (χ2v) is 4.13. The van der Waals surface area contributed by atoms with Gasteiger partial charge in [-0.15, -0.1) is 11.6 Å². The molecule has 0 aromatic carbocycles. The Morgan fingerprint density at radius 2 is 2.25 bits per heavy atom. The zero-order valence-electron chi connectivity index (χ0n) is 7.46. The highest BCUT2D eigenvalue weighted by atomic mass is 35.5. The monoisotopic (exact) mass is 192 g/mol. The molecule has 0 aliphatic carbocycles. The zero-order chi connectivity index (χ0) is 9.35. The minimum absolute atomic E-state index is 0.247. The molecule has 2 unspecified atom stereocenters. The Morgan fingerprint density at radius 1 is 1.67 bits per heavy atom. The highest BCUT2D eigenvalue weighted by Gasteiger charge is 2.43. The third kappa shape index (κ3) is 1.72. The van der Waals surface area contributed by atoms with Gasteiger partial charge in [-0.2, -0.15) is 0 Å². The van der Waals surface area contributed by atoms with Crippen LogP contribution in [0.25, 0.3) is 0 Å². The Morgan fingerprint density at radius 3 is 2.75 bits per heavy atom. The van der Waals surface area contributed by atoms with Gasteiger partial charge in [-0.3, -0.25) is 4.79 Å². The van der Waals surface area contributed by atoms with E-state index in [1.54, 1.807) is 0 Å². The van der Waals surface area contributed by atoms with E-state index in [1.807, 2.05) is 13.8 Å². The van der Waals surface area contributed by atoms with Crippen LogP contribution in [-0.4, -0.2) is 24.7 Å². The van der Waals surface area contributed by atoms with E-state index >= 15 is 0 Å². The van der Waals surface area contributed by atoms with Crippen molar-refractivity contribution in [1.82, 2.24) is 0 Å². The lowest BCUT2D eigenvalue weighted by molar-refractivity contribution is -0.192. The molecule has 0 N–H and O–H groups in total. The van der Waals surface area contributed by atoms with Crippen LogP contribution in [0.2, 0.25) is 0 Å². The van der Waals surface area contributed by atoms with E-state index in [2.05, 4.69) is 0 Å². The van der Waals surface area contributed by atoms with Crippen LogP contribution in [0.4, 0.5) is 0 Å². The summed E-state index contributed by atoms with van der Waals surface area (Å²) in [6, 6.07) is 0. The van der Waals surface area contributed by atoms with Crippen molar-refractivity contribution in [3.8, 4) is 0 Å². The molecule has 2 atom stereocenters. The normalized spacial score (nSPS) is 34.5. The second-order valence-electron chi connectivity index (χ2n) is 3.66. The first-order valence-corrected chi connectivity index (χ1v) is 4.27. The fourth-order valence-electron chi connectivity index (χ4n) is 1.24. The van der Waals surface area contributed by atoms with Crippen LogP contribution in [0.5, 0.6) is 0 Å². The van der Waals surface area contributed by atoms with E-state index in [9.17, 15) is 4.79 Å². The van der Waals surface area contributed by atoms with Crippen LogP contribution in [-0.2, 0) is 14.3 Å². The third-order valence-corrected chi connectivity index (χ3v) is 2.86. The van der Waals surface area contributed by atoms with Gasteiger partial charge in [-0.25, -0.2) is 0 Å². The summed E-state index contributed by atoms with van der Waals surface area (Å²) in [5.74, 6) is -0.247. The van der Waals surface area contributed by atoms with Gasteiger partial charge in [0, 0.05) is 7.11 Å². The summed E-state index contributed by atoms with van der Waals surface area (Å²) in [6.07, 6.45) is -0.260. The molecule has 0 spiro atoms. The Kier molecular flexibility index (Phi) is 2.64. The van der Waals surface area contributed by atoms with Crippen molar-refractivity contribution in [3.63, 3.8) is 0 Å². The van der Waals surface area contributed by atoms with Gasteiger partial charge in [0.05, 0.1) is 6.42 Å². The fourth-order valence-corrected chi connectivity index (χ4v) is 1.47. The molecule has 1 rings (SSSR count). The number of alkyl halides is 1. The van der Waals surface area contributed by atoms with Crippen LogP contribution in [0.3, 0.4) is 0 Å². The number of halogens is 1. The number of carbonyl (C=O) groups is 1. The van der Waals surface area contributed by atoms with Crippen molar-refractivity contribution >= 4 is 17.6 Å². The van der Waals surface area contributed by atoms with E-state index in [4.69, 9.17) is 21.1 Å². The maximum absolute atomic E-state index is 11.0. The van der Waals surface area contributed by atoms with Crippen molar-refractivity contribution in [2.24, 2.45) is 5.41 Å². The van der Waals surface area contributed by atoms with Crippen LogP contribution in [0.15, 0.2) is 0 Å². The van der Waals surface area contributed by atoms with Crippen LogP contribution < -0.4 is 0 Å². The highest BCUT2D eigenvalue weighted by Crippen LogP contribution is 2.37. The zero-order valence-corrected chi connectivity index (χ0v) is 8.22. The molecule has 0 saturated carbocycles. The standard InChI is InChI=1S/C8H13ClO3/c1-8(2)4-5(10)12-7(11-3)6(8)9/h6-7H,4H2,1-3H3. The minimum Gasteiger partial charge on any atom is -0.434 e. The molecule has 1 fully saturated rings. The van der Waals surface area contributed by atoms with Crippen LogP contribution >= 0.6 is 11.6 Å². The summed E-state index contributed by atoms with van der Waals surface area (Å²) in [5, 5.41) is -0.278. The lowest BCUT2D eigenvalue weighted by Gasteiger charge is -2.38. The molecule has 1 saturated heterocycles. The number of ether oxygens (including phenoxy) is 2. The van der Waals surface area contributed by atoms with Gasteiger partial charge in [0.25, 0.3) is 0 Å². The average Bonchev–Trinajstić information content (AvgIpc) is 1.96. The van der Waals surface area contributed by atoms with Gasteiger partial charge < -0.3 is 9.47 Å². The van der Waals surface area contributed by atoms with E-state index in [-0.39, 0.29) is 16.8 Å². The van der Waals surface area contributed by atoms with Crippen molar-refractivity contribution in [2.75, 3.05) is 7.11 Å². The highest BCUT2D eigenvalue weighted by molar-refractivity contribution is 6.21. The molecular weight excluding hydrogens is 180 g/mol. The predicted octanol–water partition coefficient (Wildman–Crippen LogP) is 1.54. The van der Waals surface area contributed by atoms with Gasteiger partial charge >= 0.3 is 5.97 Å². The number of esters is 1. The smallest absolute Gasteiger partial charge is 0.308 e. The Bertz CT molecular complexity index is 191. The molecule has 4 heteroatoms. The summed E-state index contributed by atoms with van der Waals surface area (Å²) < 4.78 is 9.82. The third-order valence-electron chi connectivity index (χ3n) is 2.07. The molecule has 0 radical (unpaired) electrons. The van der Waals surface area contributed by atoms with Crippen molar-refractivity contribution in [1.29, 1.82) is 0 Å². The maximum Gasteiger partial charge on any atom is 0.308 e. The molecule has 0 amide bonds. The van der Waals surface area contributed by atoms with Gasteiger partial charge in [-0.1, -0.05) is 13.8 Å². The molecule has 12 heavy (non-hydrogen) atoms. The van der Waals surface area contributed by atoms with Crippen LogP contribution in [0.1, 0.15) is 20.3 Å². The Balaban J connectivity index is 2.75. The largest absolute Gasteiger partial charge is 0.434 e. The Hall–Kier alpha value is -0.280. The summed E-state index contributed by atoms with van der Waals surface area (Å²) in [6.45, 7) is 3.86. The summed E-state index contributed by atoms with van der Waals surface area (Å²) in [7, 11) is 1.48. The first kappa shape index (κ1) is 9.81. The lowest BCUT2D eigenvalue weighted by Crippen LogP contribution is -2.46. The summed E-state index contributed by atoms with van der Waals surface area (Å²) in [4.78, 5) is 11.0. The van der Waals surface area contributed by atoms with E-state index in [0.717, 1.165) is 0 Å². The summed E-state index contributed by atoms with van der Waals surface area (Å²) in [5.41, 5.74) is -0.252. The molecule has 70 valence electrons. The molecule has 0 aromatic rings. The first-order chi connectivity index (χ1) is 5.47. The van der Waals surface area contributed by atoms with Crippen molar-refractivity contribution < 1.29 is 14.3 Å². The molecular formula is C8H13ClO3. The SMILES string of the molecule is COC1OC(=O)CC(C)(C)C1Cl. The quantitative estimate of drug-likeness (QED) is 0.467. The molecule has 0 bridgehead atoms. The van der Waals surface area contributed by atoms with Gasteiger partial charge in [0.15, 0.2) is 0 Å². The van der Waals surface area contributed by atoms with E-state index < -0.39 is 6.29 Å². The number of cyclic esters (lactones) is 1. The molecule has 0 aromatic heterocycles.